The van der Waals surface area contributed by atoms with E-state index in [4.69, 9.17) is 0 Å². The number of thiophene rings is 1. The molecule has 0 saturated heterocycles. The van der Waals surface area contributed by atoms with E-state index in [1.54, 1.807) is 11.3 Å². The Hall–Kier alpha value is -1.81. The maximum atomic E-state index is 12.7. The van der Waals surface area contributed by atoms with Crippen molar-refractivity contribution in [1.82, 2.24) is 5.32 Å². The van der Waals surface area contributed by atoms with E-state index in [-0.39, 0.29) is 12.1 Å². The Labute approximate surface area is 147 Å². The van der Waals surface area contributed by atoms with E-state index in [2.05, 4.69) is 31.4 Å². The van der Waals surface area contributed by atoms with Crippen molar-refractivity contribution in [2.45, 2.75) is 46.2 Å². The topological polar surface area (TPSA) is 41.1 Å². The number of carbonyl (C=O) groups is 1. The second kappa shape index (κ2) is 5.62. The first-order valence-corrected chi connectivity index (χ1v) is 9.52. The van der Waals surface area contributed by atoms with Crippen molar-refractivity contribution >= 4 is 22.2 Å². The number of amides is 1. The lowest BCUT2D eigenvalue weighted by Crippen LogP contribution is -2.38. The molecule has 0 spiro atoms. The van der Waals surface area contributed by atoms with Crippen LogP contribution in [0.15, 0.2) is 30.3 Å². The van der Waals surface area contributed by atoms with Crippen LogP contribution < -0.4 is 10.6 Å². The summed E-state index contributed by atoms with van der Waals surface area (Å²) in [6.45, 7) is 6.98. The highest BCUT2D eigenvalue weighted by molar-refractivity contribution is 7.16. The number of fused-ring (bicyclic) bond motifs is 3. The van der Waals surface area contributed by atoms with Crippen LogP contribution in [0.2, 0.25) is 0 Å². The Kier molecular flexibility index (Phi) is 3.68. The molecule has 3 nitrogen and oxygen atoms in total. The van der Waals surface area contributed by atoms with Gasteiger partial charge in [-0.2, -0.15) is 0 Å². The van der Waals surface area contributed by atoms with Crippen LogP contribution >= 0.6 is 11.3 Å². The van der Waals surface area contributed by atoms with Crippen molar-refractivity contribution in [3.05, 3.63) is 51.9 Å². The Morgan fingerprint density at radius 3 is 2.58 bits per heavy atom. The van der Waals surface area contributed by atoms with E-state index in [0.29, 0.717) is 11.3 Å². The fourth-order valence-electron chi connectivity index (χ4n) is 3.85. The molecule has 4 rings (SSSR count). The molecule has 1 aliphatic heterocycles. The molecule has 0 radical (unpaired) electrons. The Morgan fingerprint density at radius 1 is 1.12 bits per heavy atom. The third-order valence-corrected chi connectivity index (χ3v) is 6.59. The predicted molar refractivity (Wildman–Crippen MR) is 99.6 cm³/mol. The van der Waals surface area contributed by atoms with Gasteiger partial charge < -0.3 is 10.6 Å². The molecule has 2 aliphatic rings. The largest absolute Gasteiger partial charge is 0.353 e. The van der Waals surface area contributed by atoms with Crippen LogP contribution in [0.1, 0.15) is 59.7 Å². The molecule has 2 atom stereocenters. The van der Waals surface area contributed by atoms with Crippen LogP contribution in [0.3, 0.4) is 0 Å². The number of benzene rings is 1. The third-order valence-electron chi connectivity index (χ3n) is 5.40. The predicted octanol–water partition coefficient (Wildman–Crippen LogP) is 4.75. The number of hydrogen-bond donors (Lipinski definition) is 2. The molecule has 1 aromatic heterocycles. The van der Waals surface area contributed by atoms with E-state index in [0.717, 1.165) is 29.0 Å². The summed E-state index contributed by atoms with van der Waals surface area (Å²) >= 11 is 1.79. The van der Waals surface area contributed by atoms with Crippen molar-refractivity contribution in [3.63, 3.8) is 0 Å². The maximum absolute atomic E-state index is 12.7. The van der Waals surface area contributed by atoms with E-state index >= 15 is 0 Å². The van der Waals surface area contributed by atoms with Crippen LogP contribution in [0.4, 0.5) is 5.00 Å². The van der Waals surface area contributed by atoms with Gasteiger partial charge in [0.2, 0.25) is 0 Å². The minimum absolute atomic E-state index is 0.0734. The highest BCUT2D eigenvalue weighted by Gasteiger charge is 2.36. The summed E-state index contributed by atoms with van der Waals surface area (Å²) in [6.07, 6.45) is 3.16. The lowest BCUT2D eigenvalue weighted by atomic mass is 9.72. The first kappa shape index (κ1) is 15.7. The molecule has 0 saturated carbocycles. The molecule has 2 aromatic rings. The number of carbonyl (C=O) groups excluding carboxylic acids is 1. The summed E-state index contributed by atoms with van der Waals surface area (Å²) in [7, 11) is 0. The Bertz CT molecular complexity index is 773. The summed E-state index contributed by atoms with van der Waals surface area (Å²) in [5.74, 6) is 0.766. The van der Waals surface area contributed by atoms with E-state index in [1.807, 2.05) is 30.3 Å². The molecule has 0 fully saturated rings. The SMILES string of the molecule is CC(C)(C)[C@@H]1CCc2c(sc3c2C(=O)N[C@H](c2ccccc2)N3)C1. The van der Waals surface area contributed by atoms with Gasteiger partial charge in [-0.05, 0) is 41.7 Å². The molecule has 1 amide bonds. The summed E-state index contributed by atoms with van der Waals surface area (Å²) in [4.78, 5) is 14.1. The van der Waals surface area contributed by atoms with Gasteiger partial charge in [0.25, 0.3) is 5.91 Å². The van der Waals surface area contributed by atoms with Gasteiger partial charge in [-0.3, -0.25) is 4.79 Å². The first-order valence-electron chi connectivity index (χ1n) is 8.70. The molecule has 24 heavy (non-hydrogen) atoms. The maximum Gasteiger partial charge on any atom is 0.256 e. The van der Waals surface area contributed by atoms with Crippen molar-refractivity contribution in [2.75, 3.05) is 5.32 Å². The van der Waals surface area contributed by atoms with E-state index in [9.17, 15) is 4.79 Å². The van der Waals surface area contributed by atoms with Gasteiger partial charge in [-0.25, -0.2) is 0 Å². The molecule has 126 valence electrons. The van der Waals surface area contributed by atoms with Crippen molar-refractivity contribution in [1.29, 1.82) is 0 Å². The molecule has 1 aliphatic carbocycles. The number of anilines is 1. The summed E-state index contributed by atoms with van der Waals surface area (Å²) in [6, 6.07) is 10.1. The minimum Gasteiger partial charge on any atom is -0.353 e. The number of nitrogens with one attached hydrogen (secondary N) is 2. The lowest BCUT2D eigenvalue weighted by Gasteiger charge is -2.34. The zero-order chi connectivity index (χ0) is 16.9. The third kappa shape index (κ3) is 2.63. The minimum atomic E-state index is -0.135. The van der Waals surface area contributed by atoms with Gasteiger partial charge in [-0.15, -0.1) is 11.3 Å². The molecule has 1 aromatic carbocycles. The van der Waals surface area contributed by atoms with Crippen molar-refractivity contribution in [2.24, 2.45) is 11.3 Å². The van der Waals surface area contributed by atoms with E-state index < -0.39 is 0 Å². The van der Waals surface area contributed by atoms with Crippen LogP contribution in [0.25, 0.3) is 0 Å². The van der Waals surface area contributed by atoms with Crippen LogP contribution in [-0.2, 0) is 12.8 Å². The molecule has 4 heteroatoms. The standard InChI is InChI=1S/C20H24N2OS/c1-20(2,3)13-9-10-14-15(11-13)24-19-16(14)18(23)21-17(22-19)12-7-5-4-6-8-12/h4-8,13,17,22H,9-11H2,1-3H3,(H,21,23)/t13-,17+/m1/s1. The normalized spacial score (nSPS) is 23.0. The van der Waals surface area contributed by atoms with Crippen LogP contribution in [-0.4, -0.2) is 5.91 Å². The molecular weight excluding hydrogens is 316 g/mol. The van der Waals surface area contributed by atoms with Gasteiger partial charge in [-0.1, -0.05) is 51.1 Å². The highest BCUT2D eigenvalue weighted by Crippen LogP contribution is 2.45. The Balaban J connectivity index is 1.66. The van der Waals surface area contributed by atoms with Gasteiger partial charge >= 0.3 is 0 Å². The van der Waals surface area contributed by atoms with E-state index in [1.165, 1.54) is 16.9 Å². The molecule has 2 heterocycles. The Morgan fingerprint density at radius 2 is 1.88 bits per heavy atom. The summed E-state index contributed by atoms with van der Waals surface area (Å²) < 4.78 is 0. The molecule has 0 bridgehead atoms. The van der Waals surface area contributed by atoms with Gasteiger partial charge in [0.05, 0.1) is 5.56 Å². The average Bonchev–Trinajstić information content (AvgIpc) is 2.92. The molecular formula is C20H24N2OS. The zero-order valence-electron chi connectivity index (χ0n) is 14.5. The zero-order valence-corrected chi connectivity index (χ0v) is 15.3. The van der Waals surface area contributed by atoms with Gasteiger partial charge in [0.1, 0.15) is 11.2 Å². The second-order valence-corrected chi connectivity index (χ2v) is 9.08. The summed E-state index contributed by atoms with van der Waals surface area (Å²) in [5, 5.41) is 7.71. The fourth-order valence-corrected chi connectivity index (χ4v) is 5.20. The quantitative estimate of drug-likeness (QED) is 0.786. The van der Waals surface area contributed by atoms with Crippen molar-refractivity contribution in [3.8, 4) is 0 Å². The average molecular weight is 340 g/mol. The lowest BCUT2D eigenvalue weighted by molar-refractivity contribution is 0.0935. The van der Waals surface area contributed by atoms with Crippen LogP contribution in [0, 0.1) is 11.3 Å². The summed E-state index contributed by atoms with van der Waals surface area (Å²) in [5.41, 5.74) is 3.60. The number of hydrogen-bond acceptors (Lipinski definition) is 3. The molecule has 0 unspecified atom stereocenters. The fraction of sp³-hybridized carbons (Fsp3) is 0.450. The van der Waals surface area contributed by atoms with Gasteiger partial charge in [0.15, 0.2) is 0 Å². The molecule has 2 N–H and O–H groups in total. The van der Waals surface area contributed by atoms with Crippen molar-refractivity contribution < 1.29 is 4.79 Å². The first-order chi connectivity index (χ1) is 11.4. The monoisotopic (exact) mass is 340 g/mol. The smallest absolute Gasteiger partial charge is 0.256 e. The second-order valence-electron chi connectivity index (χ2n) is 7.98. The number of rotatable bonds is 1. The highest BCUT2D eigenvalue weighted by atomic mass is 32.1. The van der Waals surface area contributed by atoms with Gasteiger partial charge in [0, 0.05) is 4.88 Å². The van der Waals surface area contributed by atoms with Crippen LogP contribution in [0.5, 0.6) is 0 Å².